The van der Waals surface area contributed by atoms with E-state index in [2.05, 4.69) is 33.9 Å². The SMILES string of the molecule is CC[C@]1(C(=O)O)CCCN(Cc2cnc(-c3cccc(C)c3)nc2)C1. The first kappa shape index (κ1) is 17.5. The van der Waals surface area contributed by atoms with Crippen LogP contribution in [0.25, 0.3) is 11.4 Å². The number of piperidine rings is 1. The highest BCUT2D eigenvalue weighted by molar-refractivity contribution is 5.75. The molecule has 2 heterocycles. The summed E-state index contributed by atoms with van der Waals surface area (Å²) < 4.78 is 0. The molecule has 0 saturated carbocycles. The summed E-state index contributed by atoms with van der Waals surface area (Å²) in [4.78, 5) is 22.9. The average Bonchev–Trinajstić information content (AvgIpc) is 2.62. The second kappa shape index (κ2) is 7.31. The number of aryl methyl sites for hydroxylation is 1. The van der Waals surface area contributed by atoms with E-state index in [1.54, 1.807) is 0 Å². The first-order chi connectivity index (χ1) is 12.0. The van der Waals surface area contributed by atoms with Crippen LogP contribution in [0.4, 0.5) is 0 Å². The van der Waals surface area contributed by atoms with Crippen molar-refractivity contribution in [2.24, 2.45) is 5.41 Å². The molecule has 1 N–H and O–H groups in total. The topological polar surface area (TPSA) is 66.3 Å². The lowest BCUT2D eigenvalue weighted by Crippen LogP contribution is -2.47. The van der Waals surface area contributed by atoms with Crippen LogP contribution >= 0.6 is 0 Å². The number of carbonyl (C=O) groups is 1. The Kier molecular flexibility index (Phi) is 5.13. The number of aliphatic carboxylic acids is 1. The molecule has 1 aliphatic rings. The number of nitrogens with zero attached hydrogens (tertiary/aromatic N) is 3. The van der Waals surface area contributed by atoms with Crippen molar-refractivity contribution >= 4 is 5.97 Å². The molecule has 25 heavy (non-hydrogen) atoms. The van der Waals surface area contributed by atoms with E-state index >= 15 is 0 Å². The van der Waals surface area contributed by atoms with Crippen LogP contribution in [0, 0.1) is 12.3 Å². The van der Waals surface area contributed by atoms with E-state index < -0.39 is 11.4 Å². The van der Waals surface area contributed by atoms with Crippen LogP contribution in [0.15, 0.2) is 36.7 Å². The monoisotopic (exact) mass is 339 g/mol. The number of hydrogen-bond donors (Lipinski definition) is 1. The van der Waals surface area contributed by atoms with Crippen molar-refractivity contribution in [1.82, 2.24) is 14.9 Å². The minimum absolute atomic E-state index is 0.596. The molecule has 1 aliphatic heterocycles. The Morgan fingerprint density at radius 2 is 2.08 bits per heavy atom. The van der Waals surface area contributed by atoms with Gasteiger partial charge in [0.2, 0.25) is 0 Å². The second-order valence-electron chi connectivity index (χ2n) is 7.04. The van der Waals surface area contributed by atoms with E-state index in [1.807, 2.05) is 31.5 Å². The van der Waals surface area contributed by atoms with Crippen molar-refractivity contribution in [3.63, 3.8) is 0 Å². The van der Waals surface area contributed by atoms with E-state index in [0.717, 1.165) is 36.3 Å². The van der Waals surface area contributed by atoms with Crippen LogP contribution in [-0.2, 0) is 11.3 Å². The zero-order chi connectivity index (χ0) is 17.9. The van der Waals surface area contributed by atoms with E-state index in [9.17, 15) is 9.90 Å². The molecule has 1 aromatic carbocycles. The van der Waals surface area contributed by atoms with Crippen LogP contribution in [0.3, 0.4) is 0 Å². The van der Waals surface area contributed by atoms with Gasteiger partial charge in [0.1, 0.15) is 0 Å². The molecule has 5 nitrogen and oxygen atoms in total. The molecular weight excluding hydrogens is 314 g/mol. The van der Waals surface area contributed by atoms with Crippen LogP contribution in [0.5, 0.6) is 0 Å². The first-order valence-corrected chi connectivity index (χ1v) is 8.86. The Morgan fingerprint density at radius 3 is 2.72 bits per heavy atom. The Balaban J connectivity index is 1.70. The maximum Gasteiger partial charge on any atom is 0.310 e. The van der Waals surface area contributed by atoms with Crippen LogP contribution in [-0.4, -0.2) is 39.0 Å². The molecule has 0 amide bonds. The molecule has 132 valence electrons. The van der Waals surface area contributed by atoms with Gasteiger partial charge in [-0.2, -0.15) is 0 Å². The summed E-state index contributed by atoms with van der Waals surface area (Å²) in [5.41, 5.74) is 2.61. The van der Waals surface area contributed by atoms with Crippen molar-refractivity contribution in [3.05, 3.63) is 47.8 Å². The number of carboxylic acid groups (broad SMARTS) is 1. The maximum absolute atomic E-state index is 11.7. The van der Waals surface area contributed by atoms with Gasteiger partial charge in [-0.1, -0.05) is 30.7 Å². The van der Waals surface area contributed by atoms with E-state index in [4.69, 9.17) is 0 Å². The fourth-order valence-electron chi connectivity index (χ4n) is 3.60. The lowest BCUT2D eigenvalue weighted by molar-refractivity contribution is -0.153. The Labute approximate surface area is 148 Å². The largest absolute Gasteiger partial charge is 0.481 e. The highest BCUT2D eigenvalue weighted by Crippen LogP contribution is 2.34. The number of likely N-dealkylation sites (tertiary alicyclic amines) is 1. The molecule has 0 unspecified atom stereocenters. The summed E-state index contributed by atoms with van der Waals surface area (Å²) >= 11 is 0. The van der Waals surface area contributed by atoms with Gasteiger partial charge in [-0.3, -0.25) is 9.69 Å². The fraction of sp³-hybridized carbons (Fsp3) is 0.450. The highest BCUT2D eigenvalue weighted by atomic mass is 16.4. The zero-order valence-corrected chi connectivity index (χ0v) is 14.9. The molecule has 2 aromatic rings. The third kappa shape index (κ3) is 3.87. The summed E-state index contributed by atoms with van der Waals surface area (Å²) in [6, 6.07) is 8.14. The van der Waals surface area contributed by atoms with Gasteiger partial charge in [-0.25, -0.2) is 9.97 Å². The van der Waals surface area contributed by atoms with Crippen molar-refractivity contribution in [2.45, 2.75) is 39.7 Å². The van der Waals surface area contributed by atoms with Crippen molar-refractivity contribution in [1.29, 1.82) is 0 Å². The number of carboxylic acids is 1. The molecule has 1 atom stereocenters. The number of rotatable bonds is 5. The summed E-state index contributed by atoms with van der Waals surface area (Å²) in [5.74, 6) is 0.0466. The molecule has 0 radical (unpaired) electrons. The van der Waals surface area contributed by atoms with E-state index in [1.165, 1.54) is 5.56 Å². The maximum atomic E-state index is 11.7. The third-order valence-corrected chi connectivity index (χ3v) is 5.17. The lowest BCUT2D eigenvalue weighted by Gasteiger charge is -2.39. The summed E-state index contributed by atoms with van der Waals surface area (Å²) in [6.45, 7) is 6.24. The normalized spacial score (nSPS) is 21.2. The highest BCUT2D eigenvalue weighted by Gasteiger charge is 2.40. The Bertz CT molecular complexity index is 745. The van der Waals surface area contributed by atoms with Gasteiger partial charge < -0.3 is 5.11 Å². The quantitative estimate of drug-likeness (QED) is 0.903. The van der Waals surface area contributed by atoms with Gasteiger partial charge in [0, 0.05) is 36.6 Å². The standard InChI is InChI=1S/C20H25N3O2/c1-3-20(19(24)25)8-5-9-23(14-20)13-16-11-21-18(22-12-16)17-7-4-6-15(2)10-17/h4,6-7,10-12H,3,5,8-9,13-14H2,1-2H3,(H,24,25)/t20-/m0/s1. The summed E-state index contributed by atoms with van der Waals surface area (Å²) in [7, 11) is 0. The molecular formula is C20H25N3O2. The van der Waals surface area contributed by atoms with Crippen LogP contribution < -0.4 is 0 Å². The van der Waals surface area contributed by atoms with Crippen LogP contribution in [0.1, 0.15) is 37.3 Å². The minimum atomic E-state index is -0.675. The van der Waals surface area contributed by atoms with E-state index in [0.29, 0.717) is 19.5 Å². The average molecular weight is 339 g/mol. The molecule has 3 rings (SSSR count). The van der Waals surface area contributed by atoms with Gasteiger partial charge in [0.25, 0.3) is 0 Å². The molecule has 0 aliphatic carbocycles. The first-order valence-electron chi connectivity index (χ1n) is 8.86. The molecule has 1 aromatic heterocycles. The second-order valence-corrected chi connectivity index (χ2v) is 7.04. The number of aromatic nitrogens is 2. The third-order valence-electron chi connectivity index (χ3n) is 5.17. The van der Waals surface area contributed by atoms with Gasteiger partial charge >= 0.3 is 5.97 Å². The lowest BCUT2D eigenvalue weighted by atomic mass is 9.77. The van der Waals surface area contributed by atoms with E-state index in [-0.39, 0.29) is 0 Å². The molecule has 1 saturated heterocycles. The predicted molar refractivity (Wildman–Crippen MR) is 97.1 cm³/mol. The Morgan fingerprint density at radius 1 is 1.32 bits per heavy atom. The molecule has 0 bridgehead atoms. The number of benzene rings is 1. The van der Waals surface area contributed by atoms with Gasteiger partial charge in [-0.05, 0) is 38.8 Å². The van der Waals surface area contributed by atoms with Crippen LogP contribution in [0.2, 0.25) is 0 Å². The summed E-state index contributed by atoms with van der Waals surface area (Å²) in [6.07, 6.45) is 6.06. The molecule has 1 fully saturated rings. The van der Waals surface area contributed by atoms with Gasteiger partial charge in [0.05, 0.1) is 5.41 Å². The Hall–Kier alpha value is -2.27. The van der Waals surface area contributed by atoms with Gasteiger partial charge in [0.15, 0.2) is 5.82 Å². The van der Waals surface area contributed by atoms with Gasteiger partial charge in [-0.15, -0.1) is 0 Å². The van der Waals surface area contributed by atoms with Crippen molar-refractivity contribution in [2.75, 3.05) is 13.1 Å². The van der Waals surface area contributed by atoms with Crippen molar-refractivity contribution < 1.29 is 9.90 Å². The molecule has 0 spiro atoms. The fourth-order valence-corrected chi connectivity index (χ4v) is 3.60. The zero-order valence-electron chi connectivity index (χ0n) is 14.9. The smallest absolute Gasteiger partial charge is 0.310 e. The van der Waals surface area contributed by atoms with Crippen molar-refractivity contribution in [3.8, 4) is 11.4 Å². The minimum Gasteiger partial charge on any atom is -0.481 e. The predicted octanol–water partition coefficient (Wildman–Crippen LogP) is 3.53. The number of hydrogen-bond acceptors (Lipinski definition) is 4. The molecule has 5 heteroatoms. The summed E-state index contributed by atoms with van der Waals surface area (Å²) in [5, 5.41) is 9.61.